The molecule has 0 aromatic rings. The first kappa shape index (κ1) is 21.4. The molecule has 3 heteroatoms. The number of rotatable bonds is 4. The summed E-state index contributed by atoms with van der Waals surface area (Å²) >= 11 is 0. The molecule has 29 heavy (non-hydrogen) atoms. The molecule has 164 valence electrons. The third-order valence-electron chi connectivity index (χ3n) is 9.40. The van der Waals surface area contributed by atoms with E-state index in [9.17, 15) is 9.59 Å². The highest BCUT2D eigenvalue weighted by Gasteiger charge is 2.50. The second-order valence-corrected chi connectivity index (χ2v) is 10.9. The second kappa shape index (κ2) is 9.52. The lowest BCUT2D eigenvalue weighted by atomic mass is 9.59. The van der Waals surface area contributed by atoms with E-state index in [1.54, 1.807) is 0 Å². The Kier molecular flexibility index (Phi) is 7.02. The average Bonchev–Trinajstić information content (AvgIpc) is 2.81. The number of hydrogen-bond donors (Lipinski definition) is 1. The molecule has 3 nitrogen and oxygen atoms in total. The van der Waals surface area contributed by atoms with Crippen molar-refractivity contribution in [2.75, 3.05) is 0 Å². The van der Waals surface area contributed by atoms with E-state index in [0.717, 1.165) is 51.4 Å². The van der Waals surface area contributed by atoms with E-state index < -0.39 is 0 Å². The highest BCUT2D eigenvalue weighted by Crippen LogP contribution is 2.51. The van der Waals surface area contributed by atoms with Crippen molar-refractivity contribution in [2.45, 2.75) is 128 Å². The number of carbonyl (C=O) groups is 2. The number of carbonyl (C=O) groups excluding carboxylic acids is 2. The van der Waals surface area contributed by atoms with Crippen LogP contribution >= 0.6 is 0 Å². The van der Waals surface area contributed by atoms with Gasteiger partial charge in [-0.05, 0) is 63.2 Å². The molecule has 4 aliphatic carbocycles. The summed E-state index contributed by atoms with van der Waals surface area (Å²) in [6.45, 7) is 0. The standard InChI is InChI=1S/C26H43NO2/c28-23(25(17-9-3-10-18-25)21-13-5-1-6-14-21)27-24(29)26(19-11-4-12-20-26)22-15-7-2-8-16-22/h21-22H,1-20H2,(H,27,28,29). The van der Waals surface area contributed by atoms with Gasteiger partial charge >= 0.3 is 0 Å². The first-order chi connectivity index (χ1) is 14.2. The van der Waals surface area contributed by atoms with Gasteiger partial charge in [0.05, 0.1) is 10.8 Å². The van der Waals surface area contributed by atoms with E-state index in [1.165, 1.54) is 77.0 Å². The fourth-order valence-corrected chi connectivity index (χ4v) is 7.67. The molecule has 4 rings (SSSR count). The quantitative estimate of drug-likeness (QED) is 0.533. The summed E-state index contributed by atoms with van der Waals surface area (Å²) in [4.78, 5) is 27.5. The van der Waals surface area contributed by atoms with Gasteiger partial charge in [0.1, 0.15) is 0 Å². The lowest BCUT2D eigenvalue weighted by molar-refractivity contribution is -0.149. The molecular formula is C26H43NO2. The molecule has 4 saturated carbocycles. The maximum absolute atomic E-state index is 13.8. The Hall–Kier alpha value is -0.860. The van der Waals surface area contributed by atoms with E-state index in [2.05, 4.69) is 5.32 Å². The van der Waals surface area contributed by atoms with Crippen LogP contribution in [-0.2, 0) is 9.59 Å². The molecule has 0 spiro atoms. The first-order valence-electron chi connectivity index (χ1n) is 13.0. The molecule has 4 aliphatic rings. The molecule has 0 aromatic carbocycles. The van der Waals surface area contributed by atoms with Crippen LogP contribution in [0.25, 0.3) is 0 Å². The Balaban J connectivity index is 1.53. The van der Waals surface area contributed by atoms with Crippen LogP contribution in [0.4, 0.5) is 0 Å². The summed E-state index contributed by atoms with van der Waals surface area (Å²) in [5, 5.41) is 3.12. The molecule has 2 amide bonds. The van der Waals surface area contributed by atoms with E-state index >= 15 is 0 Å². The van der Waals surface area contributed by atoms with Crippen molar-refractivity contribution in [1.82, 2.24) is 5.32 Å². The largest absolute Gasteiger partial charge is 0.295 e. The van der Waals surface area contributed by atoms with E-state index in [4.69, 9.17) is 0 Å². The third-order valence-corrected chi connectivity index (χ3v) is 9.40. The van der Waals surface area contributed by atoms with Crippen LogP contribution in [0.1, 0.15) is 128 Å². The first-order valence-corrected chi connectivity index (χ1v) is 13.0. The summed E-state index contributed by atoms with van der Waals surface area (Å²) in [7, 11) is 0. The van der Waals surface area contributed by atoms with Crippen LogP contribution in [-0.4, -0.2) is 11.8 Å². The van der Waals surface area contributed by atoms with Crippen molar-refractivity contribution in [2.24, 2.45) is 22.7 Å². The van der Waals surface area contributed by atoms with Gasteiger partial charge in [-0.2, -0.15) is 0 Å². The van der Waals surface area contributed by atoms with Gasteiger partial charge in [-0.25, -0.2) is 0 Å². The lowest BCUT2D eigenvalue weighted by Gasteiger charge is -2.46. The van der Waals surface area contributed by atoms with Gasteiger partial charge in [0.25, 0.3) is 0 Å². The van der Waals surface area contributed by atoms with Crippen LogP contribution < -0.4 is 5.32 Å². The van der Waals surface area contributed by atoms with Crippen LogP contribution in [0, 0.1) is 22.7 Å². The Morgan fingerprint density at radius 3 is 1.14 bits per heavy atom. The predicted molar refractivity (Wildman–Crippen MR) is 117 cm³/mol. The van der Waals surface area contributed by atoms with Gasteiger partial charge in [-0.3, -0.25) is 14.9 Å². The minimum Gasteiger partial charge on any atom is -0.295 e. The van der Waals surface area contributed by atoms with Gasteiger partial charge in [0.15, 0.2) is 0 Å². The Morgan fingerprint density at radius 2 is 0.793 bits per heavy atom. The minimum absolute atomic E-state index is 0.120. The summed E-state index contributed by atoms with van der Waals surface area (Å²) in [6.07, 6.45) is 23.6. The van der Waals surface area contributed by atoms with Crippen molar-refractivity contribution in [3.8, 4) is 0 Å². The van der Waals surface area contributed by atoms with Crippen molar-refractivity contribution in [3.05, 3.63) is 0 Å². The van der Waals surface area contributed by atoms with Gasteiger partial charge in [-0.15, -0.1) is 0 Å². The van der Waals surface area contributed by atoms with Gasteiger partial charge < -0.3 is 0 Å². The normalized spacial score (nSPS) is 28.6. The predicted octanol–water partition coefficient (Wildman–Crippen LogP) is 6.69. The molecule has 0 bridgehead atoms. The average molecular weight is 402 g/mol. The van der Waals surface area contributed by atoms with Crippen molar-refractivity contribution >= 4 is 11.8 Å². The maximum atomic E-state index is 13.8. The molecular weight excluding hydrogens is 358 g/mol. The summed E-state index contributed by atoms with van der Waals surface area (Å²) in [5.41, 5.74) is -0.506. The number of hydrogen-bond acceptors (Lipinski definition) is 2. The molecule has 0 unspecified atom stereocenters. The highest BCUT2D eigenvalue weighted by molar-refractivity contribution is 6.00. The van der Waals surface area contributed by atoms with Crippen molar-refractivity contribution < 1.29 is 9.59 Å². The number of nitrogens with one attached hydrogen (secondary N) is 1. The topological polar surface area (TPSA) is 46.2 Å². The minimum atomic E-state index is -0.253. The van der Waals surface area contributed by atoms with Crippen LogP contribution in [0.2, 0.25) is 0 Å². The molecule has 0 aliphatic heterocycles. The van der Waals surface area contributed by atoms with Crippen LogP contribution in [0.5, 0.6) is 0 Å². The molecule has 0 aromatic heterocycles. The number of amides is 2. The van der Waals surface area contributed by atoms with Crippen molar-refractivity contribution in [3.63, 3.8) is 0 Å². The lowest BCUT2D eigenvalue weighted by Crippen LogP contribution is -2.55. The Bertz CT molecular complexity index is 509. The van der Waals surface area contributed by atoms with Gasteiger partial charge in [-0.1, -0.05) is 77.0 Å². The molecule has 0 atom stereocenters. The fourth-order valence-electron chi connectivity index (χ4n) is 7.67. The van der Waals surface area contributed by atoms with Crippen LogP contribution in [0.15, 0.2) is 0 Å². The zero-order valence-corrected chi connectivity index (χ0v) is 18.6. The van der Waals surface area contributed by atoms with Crippen molar-refractivity contribution in [1.29, 1.82) is 0 Å². The molecule has 0 saturated heterocycles. The maximum Gasteiger partial charge on any atom is 0.233 e. The third kappa shape index (κ3) is 4.30. The van der Waals surface area contributed by atoms with E-state index in [1.807, 2.05) is 0 Å². The SMILES string of the molecule is O=C(NC(=O)C1(C2CCCCC2)CCCCC1)C1(C2CCCCC2)CCCCC1. The molecule has 0 heterocycles. The Labute approximate surface area is 178 Å². The zero-order valence-electron chi connectivity index (χ0n) is 18.6. The molecule has 0 radical (unpaired) electrons. The monoisotopic (exact) mass is 401 g/mol. The zero-order chi connectivity index (χ0) is 20.2. The summed E-state index contributed by atoms with van der Waals surface area (Å²) < 4.78 is 0. The van der Waals surface area contributed by atoms with E-state index in [-0.39, 0.29) is 22.6 Å². The second-order valence-electron chi connectivity index (χ2n) is 10.9. The summed E-state index contributed by atoms with van der Waals surface area (Å²) in [6, 6.07) is 0. The molecule has 4 fully saturated rings. The summed E-state index contributed by atoms with van der Waals surface area (Å²) in [5.74, 6) is 1.24. The Morgan fingerprint density at radius 1 is 0.483 bits per heavy atom. The van der Waals surface area contributed by atoms with Gasteiger partial charge in [0, 0.05) is 0 Å². The fraction of sp³-hybridized carbons (Fsp3) is 0.923. The van der Waals surface area contributed by atoms with E-state index in [0.29, 0.717) is 11.8 Å². The molecule has 1 N–H and O–H groups in total. The van der Waals surface area contributed by atoms with Gasteiger partial charge in [0.2, 0.25) is 11.8 Å². The number of imide groups is 1. The van der Waals surface area contributed by atoms with Crippen LogP contribution in [0.3, 0.4) is 0 Å². The highest BCUT2D eigenvalue weighted by atomic mass is 16.2. The smallest absolute Gasteiger partial charge is 0.233 e.